The van der Waals surface area contributed by atoms with Crippen molar-refractivity contribution in [1.29, 1.82) is 0 Å². The molecule has 0 saturated carbocycles. The zero-order valence-corrected chi connectivity index (χ0v) is 15.7. The molecule has 0 amide bonds. The minimum absolute atomic E-state index is 0.0634. The number of esters is 1. The third kappa shape index (κ3) is 13.3. The molecular weight excluding hydrogens is 288 g/mol. The van der Waals surface area contributed by atoms with E-state index in [1.165, 1.54) is 58.3 Å². The number of carbonyl (C=O) groups excluding carboxylic acids is 2. The van der Waals surface area contributed by atoms with Crippen molar-refractivity contribution in [3.05, 3.63) is 0 Å². The average Bonchev–Trinajstić information content (AvgIpc) is 2.52. The lowest BCUT2D eigenvalue weighted by molar-refractivity contribution is -0.152. The molecule has 0 aliphatic carbocycles. The maximum atomic E-state index is 11.9. The van der Waals surface area contributed by atoms with Gasteiger partial charge in [-0.05, 0) is 19.8 Å². The van der Waals surface area contributed by atoms with Crippen LogP contribution < -0.4 is 0 Å². The third-order valence-corrected chi connectivity index (χ3v) is 4.36. The maximum absolute atomic E-state index is 11.9. The van der Waals surface area contributed by atoms with E-state index < -0.39 is 5.92 Å². The highest BCUT2D eigenvalue weighted by atomic mass is 16.5. The molecule has 0 aromatic carbocycles. The van der Waals surface area contributed by atoms with Gasteiger partial charge in [0.15, 0.2) is 0 Å². The van der Waals surface area contributed by atoms with Gasteiger partial charge < -0.3 is 4.74 Å². The van der Waals surface area contributed by atoms with Crippen LogP contribution in [0.1, 0.15) is 104 Å². The fourth-order valence-electron chi connectivity index (χ4n) is 2.76. The van der Waals surface area contributed by atoms with Gasteiger partial charge in [0.1, 0.15) is 11.7 Å². The summed E-state index contributed by atoms with van der Waals surface area (Å²) in [6, 6.07) is 0. The van der Waals surface area contributed by atoms with Crippen LogP contribution in [-0.2, 0) is 14.3 Å². The van der Waals surface area contributed by atoms with Crippen molar-refractivity contribution in [2.45, 2.75) is 104 Å². The quantitative estimate of drug-likeness (QED) is 0.203. The highest BCUT2D eigenvalue weighted by Gasteiger charge is 2.23. The van der Waals surface area contributed by atoms with E-state index >= 15 is 0 Å². The van der Waals surface area contributed by atoms with Crippen molar-refractivity contribution in [3.8, 4) is 0 Å². The molecule has 3 nitrogen and oxygen atoms in total. The van der Waals surface area contributed by atoms with E-state index in [1.54, 1.807) is 0 Å². The van der Waals surface area contributed by atoms with Gasteiger partial charge in [-0.25, -0.2) is 0 Å². The molecule has 1 unspecified atom stereocenters. The van der Waals surface area contributed by atoms with E-state index in [9.17, 15) is 9.59 Å². The van der Waals surface area contributed by atoms with Gasteiger partial charge in [-0.1, -0.05) is 84.5 Å². The highest BCUT2D eigenvalue weighted by Crippen LogP contribution is 2.13. The summed E-state index contributed by atoms with van der Waals surface area (Å²) in [7, 11) is 0. The summed E-state index contributed by atoms with van der Waals surface area (Å²) in [4.78, 5) is 23.4. The van der Waals surface area contributed by atoms with Crippen molar-refractivity contribution in [1.82, 2.24) is 0 Å². The summed E-state index contributed by atoms with van der Waals surface area (Å²) in [5.41, 5.74) is 0. The van der Waals surface area contributed by atoms with Gasteiger partial charge in [-0.2, -0.15) is 0 Å². The predicted molar refractivity (Wildman–Crippen MR) is 96.5 cm³/mol. The first-order chi connectivity index (χ1) is 11.1. The van der Waals surface area contributed by atoms with Crippen molar-refractivity contribution < 1.29 is 14.3 Å². The Morgan fingerprint density at radius 1 is 0.739 bits per heavy atom. The fourth-order valence-corrected chi connectivity index (χ4v) is 2.76. The van der Waals surface area contributed by atoms with Crippen LogP contribution in [0.2, 0.25) is 0 Å². The molecule has 0 radical (unpaired) electrons. The van der Waals surface area contributed by atoms with E-state index in [0.29, 0.717) is 13.0 Å². The summed E-state index contributed by atoms with van der Waals surface area (Å²) >= 11 is 0. The first-order valence-electron chi connectivity index (χ1n) is 9.80. The van der Waals surface area contributed by atoms with Crippen molar-refractivity contribution >= 4 is 11.8 Å². The minimum Gasteiger partial charge on any atom is -0.465 e. The van der Waals surface area contributed by atoms with Gasteiger partial charge >= 0.3 is 5.97 Å². The van der Waals surface area contributed by atoms with Crippen molar-refractivity contribution in [2.24, 2.45) is 5.92 Å². The molecule has 0 bridgehead atoms. The summed E-state index contributed by atoms with van der Waals surface area (Å²) in [5, 5.41) is 0. The third-order valence-electron chi connectivity index (χ3n) is 4.36. The number of ketones is 1. The van der Waals surface area contributed by atoms with Gasteiger partial charge in [-0.15, -0.1) is 0 Å². The number of hydrogen-bond acceptors (Lipinski definition) is 3. The summed E-state index contributed by atoms with van der Waals surface area (Å²) in [6.07, 6.45) is 15.2. The van der Waals surface area contributed by atoms with Gasteiger partial charge in [0, 0.05) is 0 Å². The van der Waals surface area contributed by atoms with E-state index in [0.717, 1.165) is 25.7 Å². The molecular formula is C20H38O3. The fraction of sp³-hybridized carbons (Fsp3) is 0.900. The van der Waals surface area contributed by atoms with Gasteiger partial charge in [0.2, 0.25) is 0 Å². The zero-order chi connectivity index (χ0) is 17.3. The van der Waals surface area contributed by atoms with Crippen molar-refractivity contribution in [3.63, 3.8) is 0 Å². The van der Waals surface area contributed by atoms with Crippen LogP contribution in [0, 0.1) is 5.92 Å². The van der Waals surface area contributed by atoms with Crippen molar-refractivity contribution in [2.75, 3.05) is 6.61 Å². The van der Waals surface area contributed by atoms with E-state index in [4.69, 9.17) is 4.74 Å². The number of rotatable bonds is 16. The van der Waals surface area contributed by atoms with Gasteiger partial charge in [-0.3, -0.25) is 9.59 Å². The second kappa shape index (κ2) is 16.0. The van der Waals surface area contributed by atoms with Crippen LogP contribution >= 0.6 is 0 Å². The molecule has 23 heavy (non-hydrogen) atoms. The number of Topliss-reactive ketones (excluding diaryl/α,β-unsaturated/α-hetero) is 1. The monoisotopic (exact) mass is 326 g/mol. The number of hydrogen-bond donors (Lipinski definition) is 0. The first kappa shape index (κ1) is 22.1. The molecule has 0 saturated heterocycles. The molecule has 0 N–H and O–H groups in total. The zero-order valence-electron chi connectivity index (χ0n) is 15.7. The molecule has 0 fully saturated rings. The summed E-state index contributed by atoms with van der Waals surface area (Å²) in [6.45, 7) is 6.26. The second-order valence-electron chi connectivity index (χ2n) is 6.65. The molecule has 136 valence electrons. The Labute approximate surface area is 143 Å². The Morgan fingerprint density at radius 3 is 1.70 bits per heavy atom. The Hall–Kier alpha value is -0.860. The summed E-state index contributed by atoms with van der Waals surface area (Å²) in [5.74, 6) is -0.925. The van der Waals surface area contributed by atoms with Crippen LogP contribution in [-0.4, -0.2) is 18.4 Å². The smallest absolute Gasteiger partial charge is 0.316 e. The molecule has 1 atom stereocenters. The van der Waals surface area contributed by atoms with Crippen LogP contribution in [0.5, 0.6) is 0 Å². The standard InChI is InChI=1S/C20H38O3/c1-4-6-8-9-10-11-12-13-14-15-17-23-20(22)19(18(3)21)16-7-5-2/h19H,4-17H2,1-3H3. The SMILES string of the molecule is CCCCCCCCCCCCOC(=O)C(CCCC)C(C)=O. The minimum atomic E-state index is -0.543. The van der Waals surface area contributed by atoms with Gasteiger partial charge in [0.05, 0.1) is 6.61 Å². The number of ether oxygens (including phenoxy) is 1. The van der Waals surface area contributed by atoms with E-state index in [2.05, 4.69) is 13.8 Å². The highest BCUT2D eigenvalue weighted by molar-refractivity contribution is 5.97. The van der Waals surface area contributed by atoms with Crippen LogP contribution in [0.4, 0.5) is 0 Å². The molecule has 0 aliphatic rings. The molecule has 0 aromatic heterocycles. The Balaban J connectivity index is 3.52. The lowest BCUT2D eigenvalue weighted by atomic mass is 9.98. The number of unbranched alkanes of at least 4 members (excludes halogenated alkanes) is 10. The molecule has 0 spiro atoms. The Kier molecular flexibility index (Phi) is 15.4. The number of carbonyl (C=O) groups is 2. The average molecular weight is 327 g/mol. The first-order valence-corrected chi connectivity index (χ1v) is 9.80. The topological polar surface area (TPSA) is 43.4 Å². The van der Waals surface area contributed by atoms with Gasteiger partial charge in [0.25, 0.3) is 0 Å². The lowest BCUT2D eigenvalue weighted by Gasteiger charge is -2.12. The normalized spacial score (nSPS) is 12.1. The predicted octanol–water partition coefficient (Wildman–Crippen LogP) is 5.85. The van der Waals surface area contributed by atoms with Crippen LogP contribution in [0.25, 0.3) is 0 Å². The largest absolute Gasteiger partial charge is 0.465 e. The van der Waals surface area contributed by atoms with Crippen LogP contribution in [0.3, 0.4) is 0 Å². The molecule has 0 aliphatic heterocycles. The Bertz CT molecular complexity index is 299. The van der Waals surface area contributed by atoms with E-state index in [-0.39, 0.29) is 11.8 Å². The van der Waals surface area contributed by atoms with Crippen LogP contribution in [0.15, 0.2) is 0 Å². The Morgan fingerprint density at radius 2 is 1.22 bits per heavy atom. The molecule has 0 rings (SSSR count). The second-order valence-corrected chi connectivity index (χ2v) is 6.65. The molecule has 3 heteroatoms. The summed E-state index contributed by atoms with van der Waals surface area (Å²) < 4.78 is 5.27. The van der Waals surface area contributed by atoms with E-state index in [1.807, 2.05) is 0 Å². The lowest BCUT2D eigenvalue weighted by Crippen LogP contribution is -2.24. The molecule has 0 heterocycles. The molecule has 0 aromatic rings. The maximum Gasteiger partial charge on any atom is 0.316 e.